The van der Waals surface area contributed by atoms with Gasteiger partial charge in [0, 0.05) is 25.6 Å². The van der Waals surface area contributed by atoms with E-state index in [4.69, 9.17) is 9.47 Å². The normalized spacial score (nSPS) is 14.5. The van der Waals surface area contributed by atoms with Gasteiger partial charge in [0.1, 0.15) is 0 Å². The number of nitrogens with zero attached hydrogens (tertiary/aromatic N) is 2. The number of morpholine rings is 1. The van der Waals surface area contributed by atoms with Crippen molar-refractivity contribution in [2.45, 2.75) is 12.8 Å². The van der Waals surface area contributed by atoms with E-state index < -0.39 is 4.92 Å². The second-order valence-corrected chi connectivity index (χ2v) is 8.86. The molecule has 2 amide bonds. The standard InChI is InChI=1S/C27H26N4O6/c1-36-25-16-19(5-8-24(25)31(34)35)18-4-6-20-22(15-18)28-21-7-2-17(14-23(21)29-27(20)33)3-9-26(32)30-10-12-37-13-11-30/h2,4-8,14-16,28H,3,9-13H2,1H3,(H,29,33). The fourth-order valence-electron chi connectivity index (χ4n) is 4.55. The number of hydrogen-bond acceptors (Lipinski definition) is 7. The first-order valence-corrected chi connectivity index (χ1v) is 12.0. The molecule has 10 heteroatoms. The number of aryl methyl sites for hydroxylation is 1. The minimum atomic E-state index is -0.491. The van der Waals surface area contributed by atoms with Crippen molar-refractivity contribution in [1.29, 1.82) is 0 Å². The number of hydrogen-bond donors (Lipinski definition) is 2. The zero-order valence-corrected chi connectivity index (χ0v) is 20.3. The van der Waals surface area contributed by atoms with Crippen LogP contribution in [-0.4, -0.2) is 55.1 Å². The summed E-state index contributed by atoms with van der Waals surface area (Å²) >= 11 is 0. The molecular weight excluding hydrogens is 476 g/mol. The van der Waals surface area contributed by atoms with Crippen LogP contribution in [0.15, 0.2) is 54.6 Å². The highest BCUT2D eigenvalue weighted by atomic mass is 16.6. The largest absolute Gasteiger partial charge is 0.490 e. The van der Waals surface area contributed by atoms with Gasteiger partial charge >= 0.3 is 5.69 Å². The fraction of sp³-hybridized carbons (Fsp3) is 0.259. The number of carbonyl (C=O) groups is 2. The molecule has 0 radical (unpaired) electrons. The second kappa shape index (κ2) is 10.3. The predicted octanol–water partition coefficient (Wildman–Crippen LogP) is 4.37. The summed E-state index contributed by atoms with van der Waals surface area (Å²) in [6, 6.07) is 15.7. The minimum Gasteiger partial charge on any atom is -0.490 e. The van der Waals surface area contributed by atoms with Crippen LogP contribution in [0.5, 0.6) is 5.75 Å². The Labute approximate surface area is 213 Å². The van der Waals surface area contributed by atoms with Crippen molar-refractivity contribution >= 4 is 34.6 Å². The van der Waals surface area contributed by atoms with E-state index in [1.165, 1.54) is 13.2 Å². The van der Waals surface area contributed by atoms with Crippen molar-refractivity contribution < 1.29 is 24.0 Å². The molecule has 37 heavy (non-hydrogen) atoms. The maximum atomic E-state index is 13.0. The number of methoxy groups -OCH3 is 1. The van der Waals surface area contributed by atoms with Crippen LogP contribution in [0, 0.1) is 10.1 Å². The number of rotatable bonds is 6. The molecule has 2 aliphatic heterocycles. The maximum Gasteiger partial charge on any atom is 0.310 e. The van der Waals surface area contributed by atoms with Gasteiger partial charge in [-0.3, -0.25) is 19.7 Å². The van der Waals surface area contributed by atoms with E-state index in [9.17, 15) is 19.7 Å². The van der Waals surface area contributed by atoms with Gasteiger partial charge < -0.3 is 25.0 Å². The Morgan fingerprint density at radius 3 is 2.51 bits per heavy atom. The van der Waals surface area contributed by atoms with E-state index in [1.807, 2.05) is 29.2 Å². The summed E-state index contributed by atoms with van der Waals surface area (Å²) in [5.74, 6) is 0.00644. The zero-order chi connectivity index (χ0) is 25.9. The van der Waals surface area contributed by atoms with Crippen molar-refractivity contribution in [1.82, 2.24) is 4.90 Å². The van der Waals surface area contributed by atoms with Crippen LogP contribution in [0.25, 0.3) is 11.1 Å². The predicted molar refractivity (Wildman–Crippen MR) is 138 cm³/mol. The highest BCUT2D eigenvalue weighted by Crippen LogP contribution is 2.37. The SMILES string of the molecule is COc1cc(-c2ccc3c(c2)Nc2ccc(CCC(=O)N4CCOCC4)cc2NC3=O)ccc1[N+](=O)[O-]. The number of fused-ring (bicyclic) bond motifs is 2. The van der Waals surface area contributed by atoms with Gasteiger partial charge in [0.2, 0.25) is 5.91 Å². The number of ether oxygens (including phenoxy) is 2. The van der Waals surface area contributed by atoms with E-state index in [1.54, 1.807) is 24.3 Å². The summed E-state index contributed by atoms with van der Waals surface area (Å²) in [4.78, 5) is 38.1. The van der Waals surface area contributed by atoms with Crippen molar-refractivity contribution in [2.24, 2.45) is 0 Å². The average Bonchev–Trinajstić information content (AvgIpc) is 3.06. The summed E-state index contributed by atoms with van der Waals surface area (Å²) in [6.45, 7) is 2.39. The highest BCUT2D eigenvalue weighted by molar-refractivity contribution is 6.12. The third-order valence-electron chi connectivity index (χ3n) is 6.57. The van der Waals surface area contributed by atoms with E-state index in [0.717, 1.165) is 22.4 Å². The van der Waals surface area contributed by atoms with Crippen LogP contribution in [-0.2, 0) is 16.0 Å². The Bertz CT molecular complexity index is 1380. The van der Waals surface area contributed by atoms with Crippen molar-refractivity contribution in [3.05, 3.63) is 75.8 Å². The lowest BCUT2D eigenvalue weighted by atomic mass is 10.0. The smallest absolute Gasteiger partial charge is 0.310 e. The average molecular weight is 503 g/mol. The molecule has 3 aromatic rings. The third-order valence-corrected chi connectivity index (χ3v) is 6.57. The van der Waals surface area contributed by atoms with Crippen LogP contribution < -0.4 is 15.4 Å². The number of anilines is 3. The molecule has 0 saturated carbocycles. The summed E-state index contributed by atoms with van der Waals surface area (Å²) in [6.07, 6.45) is 0.959. The van der Waals surface area contributed by atoms with Gasteiger partial charge in [0.15, 0.2) is 5.75 Å². The second-order valence-electron chi connectivity index (χ2n) is 8.86. The lowest BCUT2D eigenvalue weighted by molar-refractivity contribution is -0.385. The fourth-order valence-corrected chi connectivity index (χ4v) is 4.55. The molecule has 5 rings (SSSR count). The van der Waals surface area contributed by atoms with Gasteiger partial charge in [-0.25, -0.2) is 0 Å². The van der Waals surface area contributed by atoms with Gasteiger partial charge in [0.05, 0.1) is 47.9 Å². The van der Waals surface area contributed by atoms with E-state index in [0.29, 0.717) is 56.1 Å². The summed E-state index contributed by atoms with van der Waals surface area (Å²) in [7, 11) is 1.39. The Morgan fingerprint density at radius 2 is 1.76 bits per heavy atom. The van der Waals surface area contributed by atoms with Crippen molar-refractivity contribution in [3.8, 4) is 16.9 Å². The van der Waals surface area contributed by atoms with E-state index in [-0.39, 0.29) is 23.3 Å². The molecule has 0 atom stereocenters. The first-order valence-electron chi connectivity index (χ1n) is 12.0. The van der Waals surface area contributed by atoms with E-state index in [2.05, 4.69) is 10.6 Å². The molecule has 10 nitrogen and oxygen atoms in total. The van der Waals surface area contributed by atoms with Gasteiger partial charge in [-0.05, 0) is 59.5 Å². The third kappa shape index (κ3) is 5.10. The number of benzene rings is 3. The Balaban J connectivity index is 1.36. The number of nitro groups is 1. The molecule has 0 aliphatic carbocycles. The van der Waals surface area contributed by atoms with Crippen molar-refractivity contribution in [2.75, 3.05) is 44.0 Å². The molecule has 190 valence electrons. The molecule has 2 aliphatic rings. The quantitative estimate of drug-likeness (QED) is 0.379. The van der Waals surface area contributed by atoms with Gasteiger partial charge in [-0.15, -0.1) is 0 Å². The number of nitro benzene ring substituents is 1. The van der Waals surface area contributed by atoms with E-state index >= 15 is 0 Å². The number of amides is 2. The van der Waals surface area contributed by atoms with Gasteiger partial charge in [-0.1, -0.05) is 12.1 Å². The molecule has 1 saturated heterocycles. The summed E-state index contributed by atoms with van der Waals surface area (Å²) in [5, 5.41) is 17.5. The van der Waals surface area contributed by atoms with Crippen LogP contribution >= 0.6 is 0 Å². The van der Waals surface area contributed by atoms with Gasteiger partial charge in [0.25, 0.3) is 5.91 Å². The number of nitrogens with one attached hydrogen (secondary N) is 2. The van der Waals surface area contributed by atoms with Crippen LogP contribution in [0.1, 0.15) is 22.3 Å². The Morgan fingerprint density at radius 1 is 1.00 bits per heavy atom. The Kier molecular flexibility index (Phi) is 6.74. The molecule has 3 aromatic carbocycles. The van der Waals surface area contributed by atoms with Crippen LogP contribution in [0.4, 0.5) is 22.7 Å². The highest BCUT2D eigenvalue weighted by Gasteiger charge is 2.22. The van der Waals surface area contributed by atoms with Crippen LogP contribution in [0.2, 0.25) is 0 Å². The molecule has 0 aromatic heterocycles. The van der Waals surface area contributed by atoms with Crippen molar-refractivity contribution in [3.63, 3.8) is 0 Å². The molecular formula is C27H26N4O6. The number of carbonyl (C=O) groups excluding carboxylic acids is 2. The molecule has 1 fully saturated rings. The molecule has 0 bridgehead atoms. The molecule has 0 unspecified atom stereocenters. The summed E-state index contributed by atoms with van der Waals surface area (Å²) < 4.78 is 10.5. The Hall–Kier alpha value is -4.44. The minimum absolute atomic E-state index is 0.100. The molecule has 2 heterocycles. The van der Waals surface area contributed by atoms with Crippen LogP contribution in [0.3, 0.4) is 0 Å². The first kappa shape index (κ1) is 24.3. The molecule has 2 N–H and O–H groups in total. The lowest BCUT2D eigenvalue weighted by Crippen LogP contribution is -2.40. The first-order chi connectivity index (χ1) is 17.9. The van der Waals surface area contributed by atoms with Gasteiger partial charge in [-0.2, -0.15) is 0 Å². The monoisotopic (exact) mass is 502 g/mol. The topological polar surface area (TPSA) is 123 Å². The lowest BCUT2D eigenvalue weighted by Gasteiger charge is -2.26. The molecule has 0 spiro atoms. The maximum absolute atomic E-state index is 13.0. The summed E-state index contributed by atoms with van der Waals surface area (Å²) in [5.41, 5.74) is 4.78. The zero-order valence-electron chi connectivity index (χ0n) is 20.3.